The predicted molar refractivity (Wildman–Crippen MR) is 102 cm³/mol. The summed E-state index contributed by atoms with van der Waals surface area (Å²) >= 11 is 0. The topological polar surface area (TPSA) is 56.8 Å². The highest BCUT2D eigenvalue weighted by atomic mass is 17.2. The molecule has 0 aromatic heterocycles. The zero-order valence-corrected chi connectivity index (χ0v) is 15.6. The summed E-state index contributed by atoms with van der Waals surface area (Å²) in [6.07, 6.45) is 6.93. The molecule has 0 aliphatic carbocycles. The highest BCUT2D eigenvalue weighted by molar-refractivity contribution is 5.96. The van der Waals surface area contributed by atoms with Gasteiger partial charge in [-0.2, -0.15) is 0 Å². The smallest absolute Gasteiger partial charge is 0.186 e. The van der Waals surface area contributed by atoms with Crippen LogP contribution >= 0.6 is 0 Å². The van der Waals surface area contributed by atoms with Crippen LogP contribution in [0.4, 0.5) is 5.69 Å². The molecule has 1 aromatic carbocycles. The van der Waals surface area contributed by atoms with Crippen LogP contribution in [0.25, 0.3) is 0 Å². The number of nitrogens with one attached hydrogen (secondary N) is 1. The molecule has 138 valence electrons. The number of ketones is 1. The van der Waals surface area contributed by atoms with Gasteiger partial charge in [0.2, 0.25) is 0 Å². The van der Waals surface area contributed by atoms with Crippen LogP contribution in [0.3, 0.4) is 0 Å². The molecular formula is C20H29NO4. The third kappa shape index (κ3) is 11.9. The Morgan fingerprint density at radius 1 is 1.28 bits per heavy atom. The molecule has 1 aliphatic rings. The third-order valence-corrected chi connectivity index (χ3v) is 2.78. The fourth-order valence-electron chi connectivity index (χ4n) is 1.46. The normalized spacial score (nSPS) is 12.9. The molecule has 0 amide bonds. The highest BCUT2D eigenvalue weighted by Gasteiger charge is 2.03. The first-order valence-corrected chi connectivity index (χ1v) is 8.31. The lowest BCUT2D eigenvalue weighted by atomic mass is 10.2. The fourth-order valence-corrected chi connectivity index (χ4v) is 1.46. The maximum absolute atomic E-state index is 11.7. The van der Waals surface area contributed by atoms with Gasteiger partial charge in [-0.25, -0.2) is 9.78 Å². The van der Waals surface area contributed by atoms with Gasteiger partial charge < -0.3 is 0 Å². The van der Waals surface area contributed by atoms with E-state index < -0.39 is 0 Å². The van der Waals surface area contributed by atoms with Crippen molar-refractivity contribution >= 4 is 11.5 Å². The van der Waals surface area contributed by atoms with E-state index in [-0.39, 0.29) is 12.4 Å². The van der Waals surface area contributed by atoms with Gasteiger partial charge in [0, 0.05) is 0 Å². The van der Waals surface area contributed by atoms with Crippen molar-refractivity contribution in [3.8, 4) is 0 Å². The van der Waals surface area contributed by atoms with Crippen molar-refractivity contribution in [1.82, 2.24) is 0 Å². The molecule has 1 saturated heterocycles. The van der Waals surface area contributed by atoms with Gasteiger partial charge in [0.1, 0.15) is 19.8 Å². The monoisotopic (exact) mass is 347 g/mol. The Labute approximate surface area is 150 Å². The highest BCUT2D eigenvalue weighted by Crippen LogP contribution is 2.09. The van der Waals surface area contributed by atoms with Crippen molar-refractivity contribution in [3.63, 3.8) is 0 Å². The zero-order valence-electron chi connectivity index (χ0n) is 15.6. The Bertz CT molecular complexity index is 557. The van der Waals surface area contributed by atoms with Crippen LogP contribution in [0.5, 0.6) is 0 Å². The van der Waals surface area contributed by atoms with Crippen molar-refractivity contribution < 1.29 is 19.4 Å². The van der Waals surface area contributed by atoms with E-state index in [4.69, 9.17) is 4.84 Å². The molecule has 1 aliphatic heterocycles. The Kier molecular flexibility index (Phi) is 14.0. The van der Waals surface area contributed by atoms with Crippen LogP contribution in [0.2, 0.25) is 0 Å². The molecule has 1 aromatic rings. The minimum Gasteiger partial charge on any atom is -0.292 e. The van der Waals surface area contributed by atoms with Crippen molar-refractivity contribution in [2.45, 2.75) is 27.7 Å². The summed E-state index contributed by atoms with van der Waals surface area (Å²) in [5, 5.41) is 0. The number of carbonyl (C=O) groups is 1. The van der Waals surface area contributed by atoms with E-state index in [0.717, 1.165) is 24.5 Å². The Hall–Kier alpha value is -2.21. The molecule has 1 heterocycles. The van der Waals surface area contributed by atoms with Crippen molar-refractivity contribution in [1.29, 1.82) is 0 Å². The molecule has 5 heteroatoms. The molecule has 0 spiro atoms. The predicted octanol–water partition coefficient (Wildman–Crippen LogP) is 4.57. The minimum absolute atomic E-state index is 0.00178. The molecule has 2 rings (SSSR count). The molecule has 0 unspecified atom stereocenters. The largest absolute Gasteiger partial charge is 0.292 e. The molecule has 0 atom stereocenters. The average molecular weight is 347 g/mol. The summed E-state index contributed by atoms with van der Waals surface area (Å²) in [6, 6.07) is 7.75. The summed E-state index contributed by atoms with van der Waals surface area (Å²) in [7, 11) is 0. The molecule has 0 radical (unpaired) electrons. The second kappa shape index (κ2) is 15.3. The van der Waals surface area contributed by atoms with E-state index in [2.05, 4.69) is 21.8 Å². The van der Waals surface area contributed by atoms with Gasteiger partial charge in [0.15, 0.2) is 5.78 Å². The molecule has 0 saturated carbocycles. The van der Waals surface area contributed by atoms with Gasteiger partial charge in [0.25, 0.3) is 0 Å². The van der Waals surface area contributed by atoms with E-state index in [1.54, 1.807) is 31.2 Å². The number of aryl methyl sites for hydroxylation is 1. The van der Waals surface area contributed by atoms with Gasteiger partial charge in [-0.3, -0.25) is 15.1 Å². The first kappa shape index (κ1) is 22.8. The van der Waals surface area contributed by atoms with Gasteiger partial charge >= 0.3 is 0 Å². The lowest BCUT2D eigenvalue weighted by Gasteiger charge is -2.08. The first-order valence-electron chi connectivity index (χ1n) is 8.31. The van der Waals surface area contributed by atoms with Gasteiger partial charge in [-0.15, -0.1) is 0 Å². The molecule has 5 nitrogen and oxygen atoms in total. The summed E-state index contributed by atoms with van der Waals surface area (Å²) in [5.74, 6) is -0.0612. The quantitative estimate of drug-likeness (QED) is 0.339. The summed E-state index contributed by atoms with van der Waals surface area (Å²) in [5.41, 5.74) is 5.36. The van der Waals surface area contributed by atoms with Crippen LogP contribution in [-0.2, 0) is 19.4 Å². The lowest BCUT2D eigenvalue weighted by molar-refractivity contribution is -0.382. The lowest BCUT2D eigenvalue weighted by Crippen LogP contribution is -2.14. The van der Waals surface area contributed by atoms with Crippen LogP contribution < -0.4 is 5.48 Å². The standard InChI is InChI=1S/C16H19NO2.C2H4O2.C2H6/c1-4-5-6-9-14(3)16(18)12-19-17-15-10-7-8-13(2)11-15;1-2-4-3-1;1-2/h4-11,17H,1,12H2,2-3H3;1-2H2;1-2H3/b6-5-,14-9+;;. The number of Topliss-reactive ketones (excluding diaryl/α,β-unsaturated/α-hetero) is 1. The second-order valence-electron chi connectivity index (χ2n) is 4.80. The number of benzene rings is 1. The fraction of sp³-hybridized carbons (Fsp3) is 0.350. The molecule has 0 bridgehead atoms. The van der Waals surface area contributed by atoms with Crippen LogP contribution in [0, 0.1) is 6.92 Å². The van der Waals surface area contributed by atoms with Crippen LogP contribution in [0.1, 0.15) is 26.3 Å². The second-order valence-corrected chi connectivity index (χ2v) is 4.80. The van der Waals surface area contributed by atoms with Crippen molar-refractivity contribution in [3.05, 3.63) is 66.3 Å². The van der Waals surface area contributed by atoms with Crippen LogP contribution in [-0.4, -0.2) is 25.6 Å². The number of hydrogen-bond donors (Lipinski definition) is 1. The van der Waals surface area contributed by atoms with E-state index in [1.165, 1.54) is 0 Å². The van der Waals surface area contributed by atoms with Crippen LogP contribution in [0.15, 0.2) is 60.7 Å². The van der Waals surface area contributed by atoms with E-state index >= 15 is 0 Å². The summed E-state index contributed by atoms with van der Waals surface area (Å²) in [6.45, 7) is 12.9. The molecule has 25 heavy (non-hydrogen) atoms. The third-order valence-electron chi connectivity index (χ3n) is 2.78. The first-order chi connectivity index (χ1) is 12.1. The van der Waals surface area contributed by atoms with E-state index in [9.17, 15) is 4.79 Å². The zero-order chi connectivity index (χ0) is 18.9. The number of carbonyl (C=O) groups excluding carboxylic acids is 1. The van der Waals surface area contributed by atoms with Crippen molar-refractivity contribution in [2.75, 3.05) is 25.3 Å². The maximum atomic E-state index is 11.7. The molecule has 1 N–H and O–H groups in total. The number of rotatable bonds is 7. The van der Waals surface area contributed by atoms with Gasteiger partial charge in [-0.1, -0.05) is 56.9 Å². The summed E-state index contributed by atoms with van der Waals surface area (Å²) in [4.78, 5) is 25.3. The van der Waals surface area contributed by atoms with E-state index in [1.807, 2.05) is 45.0 Å². The van der Waals surface area contributed by atoms with Crippen molar-refractivity contribution in [2.24, 2.45) is 0 Å². The Balaban J connectivity index is 0.000000816. The van der Waals surface area contributed by atoms with Gasteiger partial charge in [0.05, 0.1) is 5.69 Å². The Morgan fingerprint density at radius 3 is 2.44 bits per heavy atom. The van der Waals surface area contributed by atoms with E-state index in [0.29, 0.717) is 5.57 Å². The average Bonchev–Trinajstić information content (AvgIpc) is 2.55. The molecular weight excluding hydrogens is 318 g/mol. The van der Waals surface area contributed by atoms with Gasteiger partial charge in [-0.05, 0) is 37.1 Å². The number of anilines is 1. The SMILES string of the molecule is C1COO1.C=C/C=C\C=C(/C)C(=O)CONc1cccc(C)c1.CC. The Morgan fingerprint density at radius 2 is 1.92 bits per heavy atom. The number of allylic oxidation sites excluding steroid dienone is 4. The molecule has 1 fully saturated rings. The minimum atomic E-state index is -0.0612. The number of hydrogen-bond acceptors (Lipinski definition) is 5. The summed E-state index contributed by atoms with van der Waals surface area (Å²) < 4.78 is 0. The maximum Gasteiger partial charge on any atom is 0.186 e.